The SMILES string of the molecule is Cc1ccc(C(=O)OCc2cccc([N+](=O)[O-])c2)cc1[N+](=O)[O-]. The van der Waals surface area contributed by atoms with Crippen LogP contribution in [0.5, 0.6) is 0 Å². The molecule has 0 N–H and O–H groups in total. The van der Waals surface area contributed by atoms with Crippen molar-refractivity contribution < 1.29 is 19.4 Å². The van der Waals surface area contributed by atoms with Crippen molar-refractivity contribution in [2.75, 3.05) is 0 Å². The van der Waals surface area contributed by atoms with E-state index in [0.717, 1.165) is 6.07 Å². The van der Waals surface area contributed by atoms with Crippen molar-refractivity contribution in [2.45, 2.75) is 13.5 Å². The molecule has 0 aliphatic carbocycles. The van der Waals surface area contributed by atoms with Gasteiger partial charge in [0.25, 0.3) is 11.4 Å². The first-order valence-electron chi connectivity index (χ1n) is 6.54. The first-order chi connectivity index (χ1) is 10.9. The number of aryl methyl sites for hydroxylation is 1. The molecule has 0 radical (unpaired) electrons. The normalized spacial score (nSPS) is 10.1. The van der Waals surface area contributed by atoms with Crippen LogP contribution in [0.3, 0.4) is 0 Å². The average Bonchev–Trinajstić information content (AvgIpc) is 2.53. The van der Waals surface area contributed by atoms with Gasteiger partial charge in [-0.3, -0.25) is 20.2 Å². The number of rotatable bonds is 5. The van der Waals surface area contributed by atoms with Gasteiger partial charge in [0.1, 0.15) is 6.61 Å². The van der Waals surface area contributed by atoms with Crippen LogP contribution in [-0.2, 0) is 11.3 Å². The second-order valence-electron chi connectivity index (χ2n) is 4.76. The van der Waals surface area contributed by atoms with Crippen LogP contribution in [0.2, 0.25) is 0 Å². The third kappa shape index (κ3) is 3.88. The highest BCUT2D eigenvalue weighted by Gasteiger charge is 2.16. The van der Waals surface area contributed by atoms with Crippen molar-refractivity contribution in [1.82, 2.24) is 0 Å². The van der Waals surface area contributed by atoms with E-state index in [4.69, 9.17) is 4.74 Å². The smallest absolute Gasteiger partial charge is 0.338 e. The Labute approximate surface area is 130 Å². The molecule has 2 aromatic carbocycles. The standard InChI is InChI=1S/C15H12N2O6/c1-10-5-6-12(8-14(10)17(21)22)15(18)23-9-11-3-2-4-13(7-11)16(19)20/h2-8H,9H2,1H3. The molecule has 0 atom stereocenters. The van der Waals surface area contributed by atoms with Crippen LogP contribution in [0.15, 0.2) is 42.5 Å². The number of nitro groups is 2. The summed E-state index contributed by atoms with van der Waals surface area (Å²) in [6.07, 6.45) is 0. The minimum Gasteiger partial charge on any atom is -0.457 e. The van der Waals surface area contributed by atoms with Gasteiger partial charge in [0.15, 0.2) is 0 Å². The van der Waals surface area contributed by atoms with Gasteiger partial charge in [-0.05, 0) is 18.6 Å². The summed E-state index contributed by atoms with van der Waals surface area (Å²) in [4.78, 5) is 32.4. The predicted octanol–water partition coefficient (Wildman–Crippen LogP) is 3.17. The lowest BCUT2D eigenvalue weighted by atomic mass is 10.1. The summed E-state index contributed by atoms with van der Waals surface area (Å²) in [6, 6.07) is 9.72. The van der Waals surface area contributed by atoms with E-state index in [1.165, 1.54) is 30.3 Å². The van der Waals surface area contributed by atoms with E-state index in [1.807, 2.05) is 0 Å². The molecule has 0 amide bonds. The van der Waals surface area contributed by atoms with Crippen LogP contribution < -0.4 is 0 Å². The number of carbonyl (C=O) groups is 1. The highest BCUT2D eigenvalue weighted by molar-refractivity contribution is 5.90. The molecule has 0 saturated heterocycles. The molecule has 0 aliphatic heterocycles. The Hall–Kier alpha value is -3.29. The largest absolute Gasteiger partial charge is 0.457 e. The average molecular weight is 316 g/mol. The van der Waals surface area contributed by atoms with Crippen molar-refractivity contribution in [3.8, 4) is 0 Å². The molecule has 2 aromatic rings. The van der Waals surface area contributed by atoms with E-state index >= 15 is 0 Å². The van der Waals surface area contributed by atoms with Crippen LogP contribution in [-0.4, -0.2) is 15.8 Å². The van der Waals surface area contributed by atoms with Crippen molar-refractivity contribution in [3.63, 3.8) is 0 Å². The molecular weight excluding hydrogens is 304 g/mol. The molecule has 2 rings (SSSR count). The van der Waals surface area contributed by atoms with Crippen LogP contribution in [0.4, 0.5) is 11.4 Å². The van der Waals surface area contributed by atoms with Crippen LogP contribution in [0.25, 0.3) is 0 Å². The fourth-order valence-electron chi connectivity index (χ4n) is 1.93. The summed E-state index contributed by atoms with van der Waals surface area (Å²) in [5.41, 5.74) is 0.659. The zero-order valence-electron chi connectivity index (χ0n) is 12.1. The summed E-state index contributed by atoms with van der Waals surface area (Å²) in [5, 5.41) is 21.5. The highest BCUT2D eigenvalue weighted by Crippen LogP contribution is 2.20. The summed E-state index contributed by atoms with van der Waals surface area (Å²) >= 11 is 0. The van der Waals surface area contributed by atoms with Gasteiger partial charge in [-0.15, -0.1) is 0 Å². The van der Waals surface area contributed by atoms with Gasteiger partial charge in [0.2, 0.25) is 0 Å². The lowest BCUT2D eigenvalue weighted by Gasteiger charge is -2.06. The van der Waals surface area contributed by atoms with Gasteiger partial charge in [-0.2, -0.15) is 0 Å². The van der Waals surface area contributed by atoms with Crippen molar-refractivity contribution in [1.29, 1.82) is 0 Å². The number of nitro benzene ring substituents is 2. The molecule has 0 saturated carbocycles. The maximum absolute atomic E-state index is 11.9. The van der Waals surface area contributed by atoms with Crippen LogP contribution in [0.1, 0.15) is 21.5 Å². The maximum Gasteiger partial charge on any atom is 0.338 e. The Morgan fingerprint density at radius 3 is 2.48 bits per heavy atom. The van der Waals surface area contributed by atoms with E-state index in [0.29, 0.717) is 11.1 Å². The first kappa shape index (κ1) is 16.1. The molecule has 0 spiro atoms. The number of hydrogen-bond acceptors (Lipinski definition) is 6. The second-order valence-corrected chi connectivity index (χ2v) is 4.76. The highest BCUT2D eigenvalue weighted by atomic mass is 16.6. The van der Waals surface area contributed by atoms with E-state index < -0.39 is 15.8 Å². The molecule has 0 aliphatic rings. The molecule has 0 heterocycles. The van der Waals surface area contributed by atoms with Crippen molar-refractivity contribution >= 4 is 17.3 Å². The monoisotopic (exact) mass is 316 g/mol. The molecule has 8 heteroatoms. The Morgan fingerprint density at radius 2 is 1.83 bits per heavy atom. The topological polar surface area (TPSA) is 113 Å². The third-order valence-corrected chi connectivity index (χ3v) is 3.13. The number of carbonyl (C=O) groups excluding carboxylic acids is 1. The Balaban J connectivity index is 2.11. The molecule has 0 unspecified atom stereocenters. The van der Waals surface area contributed by atoms with E-state index in [1.54, 1.807) is 13.0 Å². The van der Waals surface area contributed by atoms with Gasteiger partial charge in [-0.25, -0.2) is 4.79 Å². The minimum absolute atomic E-state index is 0.0488. The Kier molecular flexibility index (Phi) is 4.65. The summed E-state index contributed by atoms with van der Waals surface area (Å²) in [5.74, 6) is -0.736. The second kappa shape index (κ2) is 6.65. The summed E-state index contributed by atoms with van der Waals surface area (Å²) in [7, 11) is 0. The number of nitrogens with zero attached hydrogens (tertiary/aromatic N) is 2. The molecule has 8 nitrogen and oxygen atoms in total. The predicted molar refractivity (Wildman–Crippen MR) is 80.0 cm³/mol. The quantitative estimate of drug-likeness (QED) is 0.475. The van der Waals surface area contributed by atoms with Crippen LogP contribution in [0, 0.1) is 27.2 Å². The number of benzene rings is 2. The third-order valence-electron chi connectivity index (χ3n) is 3.13. The number of ether oxygens (including phenoxy) is 1. The zero-order valence-corrected chi connectivity index (χ0v) is 12.1. The Bertz CT molecular complexity index is 787. The van der Waals surface area contributed by atoms with Gasteiger partial charge in [0.05, 0.1) is 15.4 Å². The van der Waals surface area contributed by atoms with Gasteiger partial charge >= 0.3 is 5.97 Å². The fraction of sp³-hybridized carbons (Fsp3) is 0.133. The summed E-state index contributed by atoms with van der Waals surface area (Å²) in [6.45, 7) is 1.40. The van der Waals surface area contributed by atoms with E-state index in [2.05, 4.69) is 0 Å². The molecule has 118 valence electrons. The van der Waals surface area contributed by atoms with Gasteiger partial charge in [-0.1, -0.05) is 18.2 Å². The van der Waals surface area contributed by atoms with Gasteiger partial charge in [0, 0.05) is 23.8 Å². The number of non-ortho nitro benzene ring substituents is 1. The van der Waals surface area contributed by atoms with Crippen LogP contribution >= 0.6 is 0 Å². The van der Waals surface area contributed by atoms with Crippen molar-refractivity contribution in [2.24, 2.45) is 0 Å². The van der Waals surface area contributed by atoms with Crippen molar-refractivity contribution in [3.05, 3.63) is 79.4 Å². The number of esters is 1. The van der Waals surface area contributed by atoms with E-state index in [9.17, 15) is 25.0 Å². The molecular formula is C15H12N2O6. The maximum atomic E-state index is 11.9. The molecule has 0 bridgehead atoms. The molecule has 0 fully saturated rings. The van der Waals surface area contributed by atoms with Gasteiger partial charge < -0.3 is 4.74 Å². The fourth-order valence-corrected chi connectivity index (χ4v) is 1.93. The summed E-state index contributed by atoms with van der Waals surface area (Å²) < 4.78 is 5.04. The molecule has 23 heavy (non-hydrogen) atoms. The minimum atomic E-state index is -0.736. The Morgan fingerprint density at radius 1 is 1.09 bits per heavy atom. The van der Waals surface area contributed by atoms with E-state index in [-0.39, 0.29) is 23.5 Å². The lowest BCUT2D eigenvalue weighted by Crippen LogP contribution is -2.06. The number of hydrogen-bond donors (Lipinski definition) is 0. The first-order valence-corrected chi connectivity index (χ1v) is 6.54. The lowest BCUT2D eigenvalue weighted by molar-refractivity contribution is -0.385. The molecule has 0 aromatic heterocycles. The zero-order chi connectivity index (χ0) is 17.0.